The van der Waals surface area contributed by atoms with Crippen LogP contribution in [0.1, 0.15) is 44.6 Å². The van der Waals surface area contributed by atoms with Crippen LogP contribution in [0.2, 0.25) is 0 Å². The molecule has 180 valence electrons. The Morgan fingerprint density at radius 2 is 1.91 bits per heavy atom. The Hall–Kier alpha value is -1.94. The molecule has 2 fully saturated rings. The van der Waals surface area contributed by atoms with Crippen LogP contribution in [-0.4, -0.2) is 62.0 Å². The predicted molar refractivity (Wildman–Crippen MR) is 128 cm³/mol. The molecule has 0 bridgehead atoms. The van der Waals surface area contributed by atoms with Crippen molar-refractivity contribution in [1.29, 1.82) is 0 Å². The zero-order valence-corrected chi connectivity index (χ0v) is 20.7. The van der Waals surface area contributed by atoms with E-state index in [4.69, 9.17) is 9.47 Å². The summed E-state index contributed by atoms with van der Waals surface area (Å²) in [6.07, 6.45) is 4.26. The van der Waals surface area contributed by atoms with Crippen LogP contribution >= 0.6 is 11.3 Å². The fourth-order valence-corrected chi connectivity index (χ4v) is 7.17. The molecule has 4 rings (SSSR count). The zero-order chi connectivity index (χ0) is 23.3. The molecule has 1 unspecified atom stereocenters. The Balaban J connectivity index is 1.34. The molecule has 33 heavy (non-hydrogen) atoms. The van der Waals surface area contributed by atoms with Crippen molar-refractivity contribution < 1.29 is 22.7 Å². The summed E-state index contributed by atoms with van der Waals surface area (Å²) in [5.74, 6) is 0.658. The summed E-state index contributed by atoms with van der Waals surface area (Å²) in [5.41, 5.74) is 1.10. The molecular formula is C24H32N2O5S2. The number of carbonyl (C=O) groups excluding carboxylic acids is 1. The van der Waals surface area contributed by atoms with E-state index in [1.165, 1.54) is 11.3 Å². The van der Waals surface area contributed by atoms with E-state index in [2.05, 4.69) is 11.0 Å². The molecule has 7 nitrogen and oxygen atoms in total. The summed E-state index contributed by atoms with van der Waals surface area (Å²) in [6.45, 7) is 4.72. The molecule has 2 saturated heterocycles. The lowest BCUT2D eigenvalue weighted by atomic mass is 10.0. The number of esters is 1. The van der Waals surface area contributed by atoms with Gasteiger partial charge in [0.2, 0.25) is 0 Å². The lowest BCUT2D eigenvalue weighted by Crippen LogP contribution is -2.44. The van der Waals surface area contributed by atoms with Crippen LogP contribution in [0.3, 0.4) is 0 Å². The Labute approximate surface area is 200 Å². The Morgan fingerprint density at radius 3 is 2.64 bits per heavy atom. The minimum atomic E-state index is -3.40. The molecule has 1 atom stereocenters. The second kappa shape index (κ2) is 11.0. The second-order valence-corrected chi connectivity index (χ2v) is 11.6. The van der Waals surface area contributed by atoms with Gasteiger partial charge in [0, 0.05) is 19.6 Å². The molecule has 1 aromatic heterocycles. The van der Waals surface area contributed by atoms with Gasteiger partial charge in [-0.25, -0.2) is 8.42 Å². The van der Waals surface area contributed by atoms with Gasteiger partial charge in [-0.1, -0.05) is 24.6 Å². The van der Waals surface area contributed by atoms with Crippen molar-refractivity contribution in [2.45, 2.75) is 61.9 Å². The summed E-state index contributed by atoms with van der Waals surface area (Å²) >= 11 is 1.25. The molecular weight excluding hydrogens is 460 g/mol. The number of hydrogen-bond acceptors (Lipinski definition) is 7. The molecule has 2 aliphatic heterocycles. The number of likely N-dealkylation sites (tertiary alicyclic amines) is 1. The molecule has 1 aromatic carbocycles. The van der Waals surface area contributed by atoms with Crippen molar-refractivity contribution in [2.24, 2.45) is 0 Å². The highest BCUT2D eigenvalue weighted by molar-refractivity contribution is 7.91. The van der Waals surface area contributed by atoms with Crippen LogP contribution in [0, 0.1) is 0 Å². The quantitative estimate of drug-likeness (QED) is 0.521. The van der Waals surface area contributed by atoms with Crippen LogP contribution in [0.15, 0.2) is 46.0 Å². The maximum atomic E-state index is 12.7. The van der Waals surface area contributed by atoms with E-state index in [0.29, 0.717) is 43.3 Å². The van der Waals surface area contributed by atoms with E-state index in [1.54, 1.807) is 21.8 Å². The van der Waals surface area contributed by atoms with Gasteiger partial charge in [0.05, 0.1) is 6.61 Å². The SMILES string of the molecule is CCOC(=O)C1CCCCN1Cc1cccc(OC2CCN(S(=O)(=O)c3cccs3)CC2)c1. The van der Waals surface area contributed by atoms with Crippen molar-refractivity contribution in [1.82, 2.24) is 9.21 Å². The normalized spacial score (nSPS) is 21.1. The van der Waals surface area contributed by atoms with Crippen molar-refractivity contribution in [3.8, 4) is 5.75 Å². The van der Waals surface area contributed by atoms with Crippen LogP contribution in [0.4, 0.5) is 0 Å². The Morgan fingerprint density at radius 1 is 1.09 bits per heavy atom. The van der Waals surface area contributed by atoms with Crippen LogP contribution in [-0.2, 0) is 26.1 Å². The van der Waals surface area contributed by atoms with Gasteiger partial charge in [-0.05, 0) is 68.3 Å². The minimum Gasteiger partial charge on any atom is -0.490 e. The monoisotopic (exact) mass is 492 g/mol. The molecule has 0 N–H and O–H groups in total. The predicted octanol–water partition coefficient (Wildman–Crippen LogP) is 3.90. The van der Waals surface area contributed by atoms with E-state index < -0.39 is 10.0 Å². The smallest absolute Gasteiger partial charge is 0.323 e. The van der Waals surface area contributed by atoms with E-state index >= 15 is 0 Å². The second-order valence-electron chi connectivity index (χ2n) is 8.53. The zero-order valence-electron chi connectivity index (χ0n) is 19.0. The molecule has 9 heteroatoms. The first-order valence-electron chi connectivity index (χ1n) is 11.7. The summed E-state index contributed by atoms with van der Waals surface area (Å²) < 4.78 is 38.9. The number of nitrogens with zero attached hydrogens (tertiary/aromatic N) is 2. The highest BCUT2D eigenvalue weighted by atomic mass is 32.2. The maximum absolute atomic E-state index is 12.7. The Kier molecular flexibility index (Phi) is 8.06. The summed E-state index contributed by atoms with van der Waals surface area (Å²) in [4.78, 5) is 14.6. The summed E-state index contributed by atoms with van der Waals surface area (Å²) in [7, 11) is -3.40. The van der Waals surface area contributed by atoms with Gasteiger partial charge < -0.3 is 9.47 Å². The summed E-state index contributed by atoms with van der Waals surface area (Å²) in [6, 6.07) is 11.2. The largest absolute Gasteiger partial charge is 0.490 e. The van der Waals surface area contributed by atoms with Gasteiger partial charge in [-0.2, -0.15) is 4.31 Å². The number of benzene rings is 1. The lowest BCUT2D eigenvalue weighted by molar-refractivity contribution is -0.151. The first kappa shape index (κ1) is 24.2. The van der Waals surface area contributed by atoms with Crippen molar-refractivity contribution in [3.63, 3.8) is 0 Å². The third-order valence-electron chi connectivity index (χ3n) is 6.25. The standard InChI is InChI=1S/C24H32N2O5S2/c1-2-30-24(27)22-9-3-4-13-25(22)18-19-7-5-8-21(17-19)31-20-11-14-26(15-12-20)33(28,29)23-10-6-16-32-23/h5-8,10,16-17,20,22H,2-4,9,11-15,18H2,1H3. The first-order chi connectivity index (χ1) is 16.0. The fourth-order valence-electron chi connectivity index (χ4n) is 4.56. The number of rotatable bonds is 8. The van der Waals surface area contributed by atoms with Crippen molar-refractivity contribution in [2.75, 3.05) is 26.2 Å². The number of ether oxygens (including phenoxy) is 2. The first-order valence-corrected chi connectivity index (χ1v) is 14.0. The van der Waals surface area contributed by atoms with Crippen molar-refractivity contribution in [3.05, 3.63) is 47.3 Å². The fraction of sp³-hybridized carbons (Fsp3) is 0.542. The number of piperidine rings is 2. The van der Waals surface area contributed by atoms with Gasteiger partial charge in [0.15, 0.2) is 0 Å². The van der Waals surface area contributed by atoms with Crippen LogP contribution in [0.25, 0.3) is 0 Å². The van der Waals surface area contributed by atoms with E-state index in [-0.39, 0.29) is 18.1 Å². The van der Waals surface area contributed by atoms with Gasteiger partial charge in [-0.15, -0.1) is 11.3 Å². The molecule has 2 aliphatic rings. The third-order valence-corrected chi connectivity index (χ3v) is 9.52. The van der Waals surface area contributed by atoms with Crippen molar-refractivity contribution >= 4 is 27.3 Å². The number of hydrogen-bond donors (Lipinski definition) is 0. The molecule has 0 saturated carbocycles. The van der Waals surface area contributed by atoms with Gasteiger partial charge in [-0.3, -0.25) is 9.69 Å². The molecule has 2 aromatic rings. The molecule has 0 radical (unpaired) electrons. The number of sulfonamides is 1. The highest BCUT2D eigenvalue weighted by Crippen LogP contribution is 2.27. The third kappa shape index (κ3) is 5.95. The average molecular weight is 493 g/mol. The van der Waals surface area contributed by atoms with Crippen LogP contribution in [0.5, 0.6) is 5.75 Å². The summed E-state index contributed by atoms with van der Waals surface area (Å²) in [5, 5.41) is 1.79. The molecule has 0 amide bonds. The van der Waals surface area contributed by atoms with E-state index in [0.717, 1.165) is 37.1 Å². The molecule has 3 heterocycles. The Bertz CT molecular complexity index is 1020. The average Bonchev–Trinajstić information content (AvgIpc) is 3.36. The maximum Gasteiger partial charge on any atom is 0.323 e. The highest BCUT2D eigenvalue weighted by Gasteiger charge is 2.31. The minimum absolute atomic E-state index is 0.0164. The molecule has 0 aliphatic carbocycles. The molecule has 0 spiro atoms. The van der Waals surface area contributed by atoms with Gasteiger partial charge in [0.1, 0.15) is 22.1 Å². The van der Waals surface area contributed by atoms with Gasteiger partial charge >= 0.3 is 5.97 Å². The van der Waals surface area contributed by atoms with E-state index in [1.807, 2.05) is 25.1 Å². The number of thiophene rings is 1. The van der Waals surface area contributed by atoms with Gasteiger partial charge in [0.25, 0.3) is 10.0 Å². The van der Waals surface area contributed by atoms with Crippen LogP contribution < -0.4 is 4.74 Å². The number of carbonyl (C=O) groups is 1. The lowest BCUT2D eigenvalue weighted by Gasteiger charge is -2.34. The topological polar surface area (TPSA) is 76.2 Å². The van der Waals surface area contributed by atoms with E-state index in [9.17, 15) is 13.2 Å².